The van der Waals surface area contributed by atoms with Crippen molar-refractivity contribution in [1.29, 1.82) is 0 Å². The Bertz CT molecular complexity index is 160. The van der Waals surface area contributed by atoms with Crippen LogP contribution in [0, 0.1) is 5.92 Å². The third-order valence-electron chi connectivity index (χ3n) is 3.37. The van der Waals surface area contributed by atoms with E-state index in [1.165, 1.54) is 25.8 Å². The number of nitrogens with zero attached hydrogens (tertiary/aromatic N) is 1. The molecule has 2 fully saturated rings. The minimum absolute atomic E-state index is 0.245. The Morgan fingerprint density at radius 3 is 3.00 bits per heavy atom. The Morgan fingerprint density at radius 2 is 2.36 bits per heavy atom. The van der Waals surface area contributed by atoms with Crippen molar-refractivity contribution >= 4 is 0 Å². The summed E-state index contributed by atoms with van der Waals surface area (Å²) >= 11 is 0. The molecule has 1 saturated carbocycles. The number of methoxy groups -OCH3 is 1. The van der Waals surface area contributed by atoms with Gasteiger partial charge in [-0.05, 0) is 19.9 Å². The van der Waals surface area contributed by atoms with E-state index in [0.717, 1.165) is 12.5 Å². The zero-order valence-corrected chi connectivity index (χ0v) is 7.47. The van der Waals surface area contributed by atoms with Crippen molar-refractivity contribution < 1.29 is 4.74 Å². The molecule has 64 valence electrons. The van der Waals surface area contributed by atoms with Crippen molar-refractivity contribution in [1.82, 2.24) is 4.90 Å². The maximum Gasteiger partial charge on any atom is 0.0845 e. The highest BCUT2D eigenvalue weighted by Gasteiger charge is 2.48. The van der Waals surface area contributed by atoms with Gasteiger partial charge in [0.25, 0.3) is 0 Å². The van der Waals surface area contributed by atoms with Crippen LogP contribution in [0.25, 0.3) is 0 Å². The molecule has 1 unspecified atom stereocenters. The van der Waals surface area contributed by atoms with E-state index in [-0.39, 0.29) is 5.60 Å². The van der Waals surface area contributed by atoms with Gasteiger partial charge in [0.15, 0.2) is 0 Å². The average molecular weight is 155 g/mol. The number of likely N-dealkylation sites (N-methyl/N-ethyl adjacent to an activating group) is 1. The Kier molecular flexibility index (Phi) is 1.69. The third kappa shape index (κ3) is 1.00. The van der Waals surface area contributed by atoms with Gasteiger partial charge in [-0.3, -0.25) is 0 Å². The average Bonchev–Trinajstić information content (AvgIpc) is 2.43. The highest BCUT2D eigenvalue weighted by molar-refractivity contribution is 5.01. The number of rotatable bonds is 1. The van der Waals surface area contributed by atoms with Crippen LogP contribution >= 0.6 is 0 Å². The fourth-order valence-electron chi connectivity index (χ4n) is 2.81. The maximum atomic E-state index is 5.65. The number of hydrogen-bond donors (Lipinski definition) is 0. The molecule has 11 heavy (non-hydrogen) atoms. The Morgan fingerprint density at radius 1 is 1.55 bits per heavy atom. The first-order valence-electron chi connectivity index (χ1n) is 4.50. The predicted molar refractivity (Wildman–Crippen MR) is 44.6 cm³/mol. The van der Waals surface area contributed by atoms with Crippen molar-refractivity contribution in [2.24, 2.45) is 5.92 Å². The van der Waals surface area contributed by atoms with Gasteiger partial charge < -0.3 is 9.64 Å². The monoisotopic (exact) mass is 155 g/mol. The summed E-state index contributed by atoms with van der Waals surface area (Å²) in [5.41, 5.74) is 0.245. The summed E-state index contributed by atoms with van der Waals surface area (Å²) in [5, 5.41) is 0. The van der Waals surface area contributed by atoms with Gasteiger partial charge in [0.05, 0.1) is 5.60 Å². The van der Waals surface area contributed by atoms with E-state index >= 15 is 0 Å². The van der Waals surface area contributed by atoms with E-state index in [9.17, 15) is 0 Å². The lowest BCUT2D eigenvalue weighted by Gasteiger charge is -2.26. The molecular weight excluding hydrogens is 138 g/mol. The van der Waals surface area contributed by atoms with Crippen LogP contribution in [-0.4, -0.2) is 37.7 Å². The molecule has 2 heteroatoms. The molecule has 0 amide bonds. The molecule has 0 aromatic heterocycles. The fraction of sp³-hybridized carbons (Fsp3) is 1.00. The van der Waals surface area contributed by atoms with E-state index in [2.05, 4.69) is 11.9 Å². The van der Waals surface area contributed by atoms with Gasteiger partial charge in [0.1, 0.15) is 0 Å². The van der Waals surface area contributed by atoms with Gasteiger partial charge in [-0.1, -0.05) is 6.42 Å². The molecular formula is C9H17NO. The topological polar surface area (TPSA) is 12.5 Å². The standard InChI is InChI=1S/C9H17NO/c1-10-6-8-4-3-5-9(8,7-10)11-2/h8H,3-7H2,1-2H3/t8-,9?/m0/s1. The second-order valence-corrected chi connectivity index (χ2v) is 4.05. The summed E-state index contributed by atoms with van der Waals surface area (Å²) in [6.45, 7) is 2.39. The second kappa shape index (κ2) is 2.46. The van der Waals surface area contributed by atoms with E-state index in [0.29, 0.717) is 0 Å². The van der Waals surface area contributed by atoms with Gasteiger partial charge in [-0.2, -0.15) is 0 Å². The quantitative estimate of drug-likeness (QED) is 0.562. The molecule has 1 heterocycles. The molecule has 2 aliphatic rings. The van der Waals surface area contributed by atoms with Crippen LogP contribution in [0.5, 0.6) is 0 Å². The zero-order chi connectivity index (χ0) is 7.90. The van der Waals surface area contributed by atoms with Crippen molar-refractivity contribution in [3.8, 4) is 0 Å². The van der Waals surface area contributed by atoms with Crippen LogP contribution in [0.2, 0.25) is 0 Å². The summed E-state index contributed by atoms with van der Waals surface area (Å²) in [6, 6.07) is 0. The third-order valence-corrected chi connectivity index (χ3v) is 3.37. The summed E-state index contributed by atoms with van der Waals surface area (Å²) < 4.78 is 5.65. The highest BCUT2D eigenvalue weighted by atomic mass is 16.5. The van der Waals surface area contributed by atoms with Crippen molar-refractivity contribution in [2.75, 3.05) is 27.2 Å². The molecule has 0 aromatic carbocycles. The minimum Gasteiger partial charge on any atom is -0.377 e. The van der Waals surface area contributed by atoms with Gasteiger partial charge in [-0.15, -0.1) is 0 Å². The molecule has 1 saturated heterocycles. The molecule has 2 atom stereocenters. The predicted octanol–water partition coefficient (Wildman–Crippen LogP) is 1.12. The molecule has 2 rings (SSSR count). The SMILES string of the molecule is COC12CCC[C@H]1CN(C)C2. The first-order chi connectivity index (χ1) is 5.27. The van der Waals surface area contributed by atoms with E-state index in [4.69, 9.17) is 4.74 Å². The first-order valence-corrected chi connectivity index (χ1v) is 4.50. The molecule has 1 aliphatic heterocycles. The van der Waals surface area contributed by atoms with Crippen molar-refractivity contribution in [2.45, 2.75) is 24.9 Å². The van der Waals surface area contributed by atoms with Crippen LogP contribution in [0.3, 0.4) is 0 Å². The fourth-order valence-corrected chi connectivity index (χ4v) is 2.81. The second-order valence-electron chi connectivity index (χ2n) is 4.05. The lowest BCUT2D eigenvalue weighted by atomic mass is 9.95. The summed E-state index contributed by atoms with van der Waals surface area (Å²) in [7, 11) is 4.07. The molecule has 1 aliphatic carbocycles. The van der Waals surface area contributed by atoms with Gasteiger partial charge in [-0.25, -0.2) is 0 Å². The van der Waals surface area contributed by atoms with Gasteiger partial charge >= 0.3 is 0 Å². The van der Waals surface area contributed by atoms with Crippen LogP contribution in [0.1, 0.15) is 19.3 Å². The number of likely N-dealkylation sites (tertiary alicyclic amines) is 1. The normalized spacial score (nSPS) is 44.7. The molecule has 0 N–H and O–H groups in total. The maximum absolute atomic E-state index is 5.65. The number of hydrogen-bond acceptors (Lipinski definition) is 2. The molecule has 0 bridgehead atoms. The van der Waals surface area contributed by atoms with Crippen molar-refractivity contribution in [3.05, 3.63) is 0 Å². The van der Waals surface area contributed by atoms with Crippen LogP contribution in [0.15, 0.2) is 0 Å². The summed E-state index contributed by atoms with van der Waals surface area (Å²) in [4.78, 5) is 2.40. The number of ether oxygens (including phenoxy) is 1. The zero-order valence-electron chi connectivity index (χ0n) is 7.47. The van der Waals surface area contributed by atoms with Crippen LogP contribution < -0.4 is 0 Å². The lowest BCUT2D eigenvalue weighted by Crippen LogP contribution is -2.35. The van der Waals surface area contributed by atoms with E-state index < -0.39 is 0 Å². The van der Waals surface area contributed by atoms with Crippen molar-refractivity contribution in [3.63, 3.8) is 0 Å². The highest BCUT2D eigenvalue weighted by Crippen LogP contribution is 2.43. The van der Waals surface area contributed by atoms with Gasteiger partial charge in [0.2, 0.25) is 0 Å². The van der Waals surface area contributed by atoms with E-state index in [1.807, 2.05) is 7.11 Å². The van der Waals surface area contributed by atoms with Gasteiger partial charge in [0, 0.05) is 26.1 Å². The molecule has 0 aromatic rings. The lowest BCUT2D eigenvalue weighted by molar-refractivity contribution is -0.0164. The Balaban J connectivity index is 2.15. The smallest absolute Gasteiger partial charge is 0.0845 e. The largest absolute Gasteiger partial charge is 0.377 e. The molecule has 0 radical (unpaired) electrons. The summed E-state index contributed by atoms with van der Waals surface area (Å²) in [5.74, 6) is 0.817. The Hall–Kier alpha value is -0.0800. The minimum atomic E-state index is 0.245. The van der Waals surface area contributed by atoms with E-state index in [1.54, 1.807) is 0 Å². The molecule has 2 nitrogen and oxygen atoms in total. The number of fused-ring (bicyclic) bond motifs is 1. The van der Waals surface area contributed by atoms with Crippen LogP contribution in [-0.2, 0) is 4.74 Å². The first kappa shape index (κ1) is 7.56. The molecule has 0 spiro atoms. The van der Waals surface area contributed by atoms with Crippen LogP contribution in [0.4, 0.5) is 0 Å². The summed E-state index contributed by atoms with van der Waals surface area (Å²) in [6.07, 6.45) is 4.02. The Labute approximate surface area is 68.5 Å².